The molecule has 3 heterocycles. The van der Waals surface area contributed by atoms with E-state index in [1.807, 2.05) is 0 Å². The van der Waals surface area contributed by atoms with Crippen LogP contribution in [0.15, 0.2) is 27.7 Å². The molecule has 0 aliphatic carbocycles. The Bertz CT molecular complexity index is 1000. The van der Waals surface area contributed by atoms with Crippen LogP contribution in [-0.4, -0.2) is 71.4 Å². The van der Waals surface area contributed by atoms with E-state index < -0.39 is 22.0 Å². The summed E-state index contributed by atoms with van der Waals surface area (Å²) in [6, 6.07) is 2.35. The number of rotatable bonds is 5. The molecule has 1 saturated heterocycles. The van der Waals surface area contributed by atoms with Gasteiger partial charge in [-0.05, 0) is 32.9 Å². The first-order chi connectivity index (χ1) is 13.6. The van der Waals surface area contributed by atoms with Gasteiger partial charge in [-0.25, -0.2) is 8.42 Å². The van der Waals surface area contributed by atoms with Gasteiger partial charge in [-0.2, -0.15) is 9.40 Å². The Morgan fingerprint density at radius 3 is 2.38 bits per heavy atom. The molecule has 0 saturated carbocycles. The summed E-state index contributed by atoms with van der Waals surface area (Å²) in [6.07, 6.45) is 1.38. The van der Waals surface area contributed by atoms with Crippen molar-refractivity contribution in [2.45, 2.75) is 31.7 Å². The van der Waals surface area contributed by atoms with Crippen LogP contribution in [-0.2, 0) is 21.9 Å². The lowest BCUT2D eigenvalue weighted by molar-refractivity contribution is -0.134. The Balaban J connectivity index is 1.62. The third-order valence-electron chi connectivity index (χ3n) is 5.05. The maximum Gasteiger partial charge on any atom is 0.287 e. The number of piperazine rings is 1. The number of amides is 2. The number of aromatic nitrogens is 2. The molecule has 2 amide bonds. The number of aryl methyl sites for hydroxylation is 2. The molecular formula is C18H25N5O5S. The van der Waals surface area contributed by atoms with Crippen molar-refractivity contribution in [3.63, 3.8) is 0 Å². The predicted octanol–water partition coefficient (Wildman–Crippen LogP) is 0.281. The first-order valence-electron chi connectivity index (χ1n) is 9.26. The van der Waals surface area contributed by atoms with Crippen LogP contribution < -0.4 is 5.32 Å². The SMILES string of the molecule is Cc1nn(C)c(C)c1S(=O)(=O)N1CCN(C(=O)[C@@H](C)NC(=O)c2ccco2)CC1. The molecule has 2 aromatic heterocycles. The summed E-state index contributed by atoms with van der Waals surface area (Å²) in [5.41, 5.74) is 1.04. The van der Waals surface area contributed by atoms with E-state index in [1.54, 1.807) is 43.5 Å². The number of sulfonamides is 1. The maximum absolute atomic E-state index is 13.0. The zero-order chi connectivity index (χ0) is 21.3. The van der Waals surface area contributed by atoms with Crippen molar-refractivity contribution < 1.29 is 22.4 Å². The summed E-state index contributed by atoms with van der Waals surface area (Å²) >= 11 is 0. The third kappa shape index (κ3) is 4.06. The molecule has 2 aromatic rings. The Hall–Kier alpha value is -2.66. The van der Waals surface area contributed by atoms with Gasteiger partial charge in [-0.1, -0.05) is 0 Å². The third-order valence-corrected chi connectivity index (χ3v) is 7.21. The highest BCUT2D eigenvalue weighted by atomic mass is 32.2. The van der Waals surface area contributed by atoms with Gasteiger partial charge in [0, 0.05) is 33.2 Å². The first kappa shape index (κ1) is 21.1. The summed E-state index contributed by atoms with van der Waals surface area (Å²) in [4.78, 5) is 26.5. The van der Waals surface area contributed by atoms with Gasteiger partial charge in [0.05, 0.1) is 17.7 Å². The standard InChI is InChI=1S/C18H25N5O5S/c1-12-16(14(3)21(4)20-12)29(26,27)23-9-7-22(8-10-23)18(25)13(2)19-17(24)15-6-5-11-28-15/h5-6,11,13H,7-10H2,1-4H3,(H,19,24)/t13-/m1/s1. The van der Waals surface area contributed by atoms with E-state index in [2.05, 4.69) is 10.4 Å². The topological polar surface area (TPSA) is 118 Å². The second-order valence-electron chi connectivity index (χ2n) is 7.03. The summed E-state index contributed by atoms with van der Waals surface area (Å²) in [5.74, 6) is -0.613. The average molecular weight is 423 g/mol. The van der Waals surface area contributed by atoms with Crippen LogP contribution in [0.5, 0.6) is 0 Å². The molecule has 1 aliphatic heterocycles. The van der Waals surface area contributed by atoms with Crippen molar-refractivity contribution in [1.29, 1.82) is 0 Å². The average Bonchev–Trinajstić information content (AvgIpc) is 3.30. The van der Waals surface area contributed by atoms with E-state index in [1.165, 1.54) is 16.6 Å². The van der Waals surface area contributed by atoms with Gasteiger partial charge in [0.25, 0.3) is 5.91 Å². The van der Waals surface area contributed by atoms with Gasteiger partial charge in [0.2, 0.25) is 15.9 Å². The highest BCUT2D eigenvalue weighted by Crippen LogP contribution is 2.24. The van der Waals surface area contributed by atoms with Crippen molar-refractivity contribution in [1.82, 2.24) is 24.3 Å². The lowest BCUT2D eigenvalue weighted by Crippen LogP contribution is -2.55. The fraction of sp³-hybridized carbons (Fsp3) is 0.500. The molecule has 158 valence electrons. The minimum absolute atomic E-state index is 0.128. The Morgan fingerprint density at radius 2 is 1.86 bits per heavy atom. The number of carbonyl (C=O) groups is 2. The highest BCUT2D eigenvalue weighted by Gasteiger charge is 2.35. The van der Waals surface area contributed by atoms with Crippen molar-refractivity contribution >= 4 is 21.8 Å². The molecule has 1 aliphatic rings. The van der Waals surface area contributed by atoms with Crippen molar-refractivity contribution in [3.05, 3.63) is 35.5 Å². The van der Waals surface area contributed by atoms with E-state index in [-0.39, 0.29) is 42.7 Å². The lowest BCUT2D eigenvalue weighted by Gasteiger charge is -2.35. The zero-order valence-electron chi connectivity index (χ0n) is 16.9. The molecule has 1 atom stereocenters. The zero-order valence-corrected chi connectivity index (χ0v) is 17.7. The van der Waals surface area contributed by atoms with Gasteiger partial charge in [-0.3, -0.25) is 14.3 Å². The molecule has 1 fully saturated rings. The summed E-state index contributed by atoms with van der Waals surface area (Å²) < 4.78 is 34.0. The number of hydrogen-bond acceptors (Lipinski definition) is 6. The van der Waals surface area contributed by atoms with Crippen LogP contribution in [0.25, 0.3) is 0 Å². The molecule has 0 radical (unpaired) electrons. The largest absolute Gasteiger partial charge is 0.459 e. The molecule has 3 rings (SSSR count). The van der Waals surface area contributed by atoms with E-state index in [0.717, 1.165) is 0 Å². The smallest absolute Gasteiger partial charge is 0.287 e. The second-order valence-corrected chi connectivity index (χ2v) is 8.90. The van der Waals surface area contributed by atoms with E-state index >= 15 is 0 Å². The van der Waals surface area contributed by atoms with Gasteiger partial charge in [-0.15, -0.1) is 0 Å². The van der Waals surface area contributed by atoms with Crippen LogP contribution >= 0.6 is 0 Å². The Kier molecular flexibility index (Phi) is 5.80. The second kappa shape index (κ2) is 7.99. The van der Waals surface area contributed by atoms with Gasteiger partial charge in [0.1, 0.15) is 10.9 Å². The molecule has 0 unspecified atom stereocenters. The van der Waals surface area contributed by atoms with Gasteiger partial charge < -0.3 is 14.6 Å². The molecule has 0 bridgehead atoms. The molecule has 29 heavy (non-hydrogen) atoms. The lowest BCUT2D eigenvalue weighted by atomic mass is 10.2. The van der Waals surface area contributed by atoms with Crippen molar-refractivity contribution in [2.24, 2.45) is 7.05 Å². The van der Waals surface area contributed by atoms with Crippen LogP contribution in [0, 0.1) is 13.8 Å². The van der Waals surface area contributed by atoms with E-state index in [0.29, 0.717) is 11.4 Å². The monoisotopic (exact) mass is 423 g/mol. The molecule has 11 heteroatoms. The fourth-order valence-corrected chi connectivity index (χ4v) is 5.24. The van der Waals surface area contributed by atoms with E-state index in [4.69, 9.17) is 4.42 Å². The van der Waals surface area contributed by atoms with Gasteiger partial charge in [0.15, 0.2) is 5.76 Å². The summed E-state index contributed by atoms with van der Waals surface area (Å²) in [6.45, 7) is 5.84. The predicted molar refractivity (Wildman–Crippen MR) is 104 cm³/mol. The number of nitrogens with one attached hydrogen (secondary N) is 1. The van der Waals surface area contributed by atoms with Crippen LogP contribution in [0.1, 0.15) is 28.9 Å². The minimum atomic E-state index is -3.69. The quantitative estimate of drug-likeness (QED) is 0.738. The number of hydrogen-bond donors (Lipinski definition) is 1. The minimum Gasteiger partial charge on any atom is -0.459 e. The summed E-state index contributed by atoms with van der Waals surface area (Å²) in [5, 5.41) is 6.78. The summed E-state index contributed by atoms with van der Waals surface area (Å²) in [7, 11) is -1.99. The van der Waals surface area contributed by atoms with Crippen LogP contribution in [0.4, 0.5) is 0 Å². The molecule has 0 aromatic carbocycles. The maximum atomic E-state index is 13.0. The highest BCUT2D eigenvalue weighted by molar-refractivity contribution is 7.89. The van der Waals surface area contributed by atoms with Gasteiger partial charge >= 0.3 is 0 Å². The number of nitrogens with zero attached hydrogens (tertiary/aromatic N) is 4. The van der Waals surface area contributed by atoms with E-state index in [9.17, 15) is 18.0 Å². The Labute approximate surface area is 169 Å². The number of furan rings is 1. The normalized spacial score (nSPS) is 16.6. The molecule has 1 N–H and O–H groups in total. The Morgan fingerprint density at radius 1 is 1.21 bits per heavy atom. The number of carbonyl (C=O) groups excluding carboxylic acids is 2. The molecular weight excluding hydrogens is 398 g/mol. The first-order valence-corrected chi connectivity index (χ1v) is 10.7. The van der Waals surface area contributed by atoms with Crippen LogP contribution in [0.3, 0.4) is 0 Å². The van der Waals surface area contributed by atoms with Crippen molar-refractivity contribution in [3.8, 4) is 0 Å². The fourth-order valence-electron chi connectivity index (χ4n) is 3.42. The molecule has 0 spiro atoms. The molecule has 10 nitrogen and oxygen atoms in total. The van der Waals surface area contributed by atoms with Crippen LogP contribution in [0.2, 0.25) is 0 Å². The van der Waals surface area contributed by atoms with Crippen molar-refractivity contribution in [2.75, 3.05) is 26.2 Å².